The van der Waals surface area contributed by atoms with Crippen LogP contribution in [0.4, 0.5) is 5.95 Å². The molecule has 0 spiro atoms. The van der Waals surface area contributed by atoms with E-state index in [2.05, 4.69) is 51.4 Å². The molecule has 0 amide bonds. The van der Waals surface area contributed by atoms with Gasteiger partial charge in [-0.3, -0.25) is 14.7 Å². The summed E-state index contributed by atoms with van der Waals surface area (Å²) < 4.78 is 0. The van der Waals surface area contributed by atoms with Gasteiger partial charge in [0.15, 0.2) is 0 Å². The molecule has 3 aromatic rings. The number of anilines is 1. The molecule has 0 unspecified atom stereocenters. The summed E-state index contributed by atoms with van der Waals surface area (Å²) in [5.74, 6) is 1.18. The maximum atomic E-state index is 12.1. The van der Waals surface area contributed by atoms with Crippen LogP contribution in [0.3, 0.4) is 0 Å². The fourth-order valence-electron chi connectivity index (χ4n) is 3.71. The summed E-state index contributed by atoms with van der Waals surface area (Å²) in [6, 6.07) is 16.3. The van der Waals surface area contributed by atoms with Gasteiger partial charge in [0.25, 0.3) is 5.56 Å². The van der Waals surface area contributed by atoms with Crippen molar-refractivity contribution >= 4 is 16.9 Å². The van der Waals surface area contributed by atoms with Crippen molar-refractivity contribution in [2.75, 3.05) is 25.0 Å². The SMILES string of the molecule is Cc1ccc(CN2CCC(CNc3nc4ccccc4c(=O)[nH]3)CC2)cc1. The van der Waals surface area contributed by atoms with Gasteiger partial charge in [0.05, 0.1) is 10.9 Å². The van der Waals surface area contributed by atoms with Crippen molar-refractivity contribution in [3.05, 3.63) is 70.0 Å². The number of benzene rings is 2. The fraction of sp³-hybridized carbons (Fsp3) is 0.364. The predicted molar refractivity (Wildman–Crippen MR) is 110 cm³/mol. The first-order valence-electron chi connectivity index (χ1n) is 9.68. The number of nitrogens with one attached hydrogen (secondary N) is 2. The quantitative estimate of drug-likeness (QED) is 0.729. The molecule has 140 valence electrons. The number of likely N-dealkylation sites (tertiary alicyclic amines) is 1. The molecule has 27 heavy (non-hydrogen) atoms. The van der Waals surface area contributed by atoms with Gasteiger partial charge in [0.1, 0.15) is 0 Å². The normalized spacial score (nSPS) is 15.9. The van der Waals surface area contributed by atoms with Crippen LogP contribution in [0, 0.1) is 12.8 Å². The van der Waals surface area contributed by atoms with Crippen LogP contribution in [0.5, 0.6) is 0 Å². The number of fused-ring (bicyclic) bond motifs is 1. The fourth-order valence-corrected chi connectivity index (χ4v) is 3.71. The first-order chi connectivity index (χ1) is 13.2. The van der Waals surface area contributed by atoms with Crippen molar-refractivity contribution < 1.29 is 0 Å². The Morgan fingerprint density at radius 1 is 1.11 bits per heavy atom. The van der Waals surface area contributed by atoms with Crippen LogP contribution >= 0.6 is 0 Å². The van der Waals surface area contributed by atoms with Crippen molar-refractivity contribution in [1.82, 2.24) is 14.9 Å². The van der Waals surface area contributed by atoms with Gasteiger partial charge in [0.2, 0.25) is 5.95 Å². The summed E-state index contributed by atoms with van der Waals surface area (Å²) in [6.45, 7) is 6.23. The Balaban J connectivity index is 1.29. The van der Waals surface area contributed by atoms with Crippen LogP contribution in [0.25, 0.3) is 10.9 Å². The number of rotatable bonds is 5. The topological polar surface area (TPSA) is 61.0 Å². The third kappa shape index (κ3) is 4.37. The van der Waals surface area contributed by atoms with Gasteiger partial charge in [0, 0.05) is 13.1 Å². The van der Waals surface area contributed by atoms with Gasteiger partial charge >= 0.3 is 0 Å². The number of hydrogen-bond donors (Lipinski definition) is 2. The Morgan fingerprint density at radius 2 is 1.85 bits per heavy atom. The molecule has 0 aliphatic carbocycles. The Bertz CT molecular complexity index is 956. The Morgan fingerprint density at radius 3 is 2.63 bits per heavy atom. The van der Waals surface area contributed by atoms with Crippen LogP contribution in [0.2, 0.25) is 0 Å². The van der Waals surface area contributed by atoms with E-state index in [9.17, 15) is 4.79 Å². The second kappa shape index (κ2) is 7.92. The lowest BCUT2D eigenvalue weighted by molar-refractivity contribution is 0.182. The third-order valence-corrected chi connectivity index (χ3v) is 5.40. The summed E-state index contributed by atoms with van der Waals surface area (Å²) in [7, 11) is 0. The highest BCUT2D eigenvalue weighted by molar-refractivity contribution is 5.78. The zero-order chi connectivity index (χ0) is 18.6. The minimum absolute atomic E-state index is 0.0870. The van der Waals surface area contributed by atoms with E-state index < -0.39 is 0 Å². The van der Waals surface area contributed by atoms with E-state index >= 15 is 0 Å². The Labute approximate surface area is 159 Å². The van der Waals surface area contributed by atoms with Crippen molar-refractivity contribution in [3.63, 3.8) is 0 Å². The van der Waals surface area contributed by atoms with Crippen LogP contribution in [-0.4, -0.2) is 34.5 Å². The lowest BCUT2D eigenvalue weighted by Crippen LogP contribution is -2.35. The van der Waals surface area contributed by atoms with E-state index in [1.807, 2.05) is 18.2 Å². The van der Waals surface area contributed by atoms with Crippen molar-refractivity contribution in [2.24, 2.45) is 5.92 Å². The number of piperidine rings is 1. The van der Waals surface area contributed by atoms with Gasteiger partial charge in [-0.05, 0) is 56.5 Å². The highest BCUT2D eigenvalue weighted by atomic mass is 16.1. The number of hydrogen-bond acceptors (Lipinski definition) is 4. The number of nitrogens with zero attached hydrogens (tertiary/aromatic N) is 2. The first-order valence-corrected chi connectivity index (χ1v) is 9.68. The second-order valence-corrected chi connectivity index (χ2v) is 7.52. The molecule has 1 saturated heterocycles. The molecule has 4 rings (SSSR count). The van der Waals surface area contributed by atoms with E-state index in [0.29, 0.717) is 17.3 Å². The number of para-hydroxylation sites is 1. The molecule has 0 saturated carbocycles. The largest absolute Gasteiger partial charge is 0.355 e. The molecule has 5 heteroatoms. The van der Waals surface area contributed by atoms with E-state index in [4.69, 9.17) is 0 Å². The van der Waals surface area contributed by atoms with Crippen molar-refractivity contribution in [2.45, 2.75) is 26.3 Å². The summed E-state index contributed by atoms with van der Waals surface area (Å²) in [5.41, 5.74) is 3.34. The average Bonchev–Trinajstić information content (AvgIpc) is 2.69. The molecule has 1 fully saturated rings. The van der Waals surface area contributed by atoms with E-state index in [1.165, 1.54) is 11.1 Å². The standard InChI is InChI=1S/C22H26N4O/c1-16-6-8-18(9-7-16)15-26-12-10-17(11-13-26)14-23-22-24-20-5-3-2-4-19(20)21(27)25-22/h2-9,17H,10-15H2,1H3,(H2,23,24,25,27). The second-order valence-electron chi connectivity index (χ2n) is 7.52. The number of aromatic amines is 1. The molecule has 1 aromatic heterocycles. The molecular weight excluding hydrogens is 336 g/mol. The van der Waals surface area contributed by atoms with Gasteiger partial charge in [-0.2, -0.15) is 0 Å². The van der Waals surface area contributed by atoms with Crippen molar-refractivity contribution in [3.8, 4) is 0 Å². The molecule has 0 radical (unpaired) electrons. The van der Waals surface area contributed by atoms with Crippen LogP contribution in [0.1, 0.15) is 24.0 Å². The van der Waals surface area contributed by atoms with Gasteiger partial charge in [-0.1, -0.05) is 42.0 Å². The highest BCUT2D eigenvalue weighted by Gasteiger charge is 2.19. The number of H-pyrrole nitrogens is 1. The molecule has 0 atom stereocenters. The van der Waals surface area contributed by atoms with Gasteiger partial charge in [-0.15, -0.1) is 0 Å². The summed E-state index contributed by atoms with van der Waals surface area (Å²) in [5, 5.41) is 3.96. The molecule has 2 heterocycles. The third-order valence-electron chi connectivity index (χ3n) is 5.40. The van der Waals surface area contributed by atoms with Crippen LogP contribution < -0.4 is 10.9 Å². The lowest BCUT2D eigenvalue weighted by Gasteiger charge is -2.32. The lowest BCUT2D eigenvalue weighted by atomic mass is 9.96. The molecule has 5 nitrogen and oxygen atoms in total. The Hall–Kier alpha value is -2.66. The Kier molecular flexibility index (Phi) is 5.21. The van der Waals surface area contributed by atoms with Crippen molar-refractivity contribution in [1.29, 1.82) is 0 Å². The van der Waals surface area contributed by atoms with Gasteiger partial charge in [-0.25, -0.2) is 4.98 Å². The highest BCUT2D eigenvalue weighted by Crippen LogP contribution is 2.19. The summed E-state index contributed by atoms with van der Waals surface area (Å²) in [6.07, 6.45) is 2.33. The van der Waals surface area contributed by atoms with E-state index in [1.54, 1.807) is 6.07 Å². The minimum atomic E-state index is -0.0870. The van der Waals surface area contributed by atoms with E-state index in [0.717, 1.165) is 44.5 Å². The van der Waals surface area contributed by atoms with Crippen LogP contribution in [0.15, 0.2) is 53.3 Å². The minimum Gasteiger partial charge on any atom is -0.355 e. The summed E-state index contributed by atoms with van der Waals surface area (Å²) in [4.78, 5) is 22.0. The monoisotopic (exact) mass is 362 g/mol. The molecule has 1 aliphatic heterocycles. The maximum Gasteiger partial charge on any atom is 0.260 e. The van der Waals surface area contributed by atoms with E-state index in [-0.39, 0.29) is 5.56 Å². The molecule has 2 N–H and O–H groups in total. The molecular formula is C22H26N4O. The maximum absolute atomic E-state index is 12.1. The average molecular weight is 362 g/mol. The number of aromatic nitrogens is 2. The van der Waals surface area contributed by atoms with Crippen LogP contribution in [-0.2, 0) is 6.54 Å². The first kappa shape index (κ1) is 17.7. The zero-order valence-electron chi connectivity index (χ0n) is 15.7. The molecule has 0 bridgehead atoms. The summed E-state index contributed by atoms with van der Waals surface area (Å²) >= 11 is 0. The smallest absolute Gasteiger partial charge is 0.260 e. The number of aryl methyl sites for hydroxylation is 1. The molecule has 1 aliphatic rings. The van der Waals surface area contributed by atoms with Gasteiger partial charge < -0.3 is 5.32 Å². The molecule has 2 aromatic carbocycles. The predicted octanol–water partition coefficient (Wildman–Crippen LogP) is 3.56. The zero-order valence-corrected chi connectivity index (χ0v) is 15.7.